The summed E-state index contributed by atoms with van der Waals surface area (Å²) in [6.07, 6.45) is 4.66. The molecule has 1 aromatic carbocycles. The molecule has 3 nitrogen and oxygen atoms in total. The monoisotopic (exact) mass is 276 g/mol. The molecule has 0 spiro atoms. The van der Waals surface area contributed by atoms with Gasteiger partial charge < -0.3 is 10.2 Å². The number of aliphatic hydroxyl groups is 1. The van der Waals surface area contributed by atoms with E-state index in [0.717, 1.165) is 18.4 Å². The Morgan fingerprint density at radius 3 is 2.55 bits per heavy atom. The van der Waals surface area contributed by atoms with Gasteiger partial charge in [-0.25, -0.2) is 0 Å². The number of carbonyl (C=O) groups is 1. The minimum absolute atomic E-state index is 0.0784. The predicted octanol–water partition coefficient (Wildman–Crippen LogP) is 3.49. The van der Waals surface area contributed by atoms with Crippen LogP contribution in [0.5, 0.6) is 0 Å². The van der Waals surface area contributed by atoms with Gasteiger partial charge in [-0.2, -0.15) is 0 Å². The van der Waals surface area contributed by atoms with Crippen molar-refractivity contribution in [1.82, 2.24) is 0 Å². The fourth-order valence-corrected chi connectivity index (χ4v) is 3.08. The first-order valence-corrected chi connectivity index (χ1v) is 7.39. The fraction of sp³-hybridized carbons (Fsp3) is 0.588. The van der Waals surface area contributed by atoms with Gasteiger partial charge in [0.25, 0.3) is 0 Å². The second-order valence-electron chi connectivity index (χ2n) is 6.69. The van der Waals surface area contributed by atoms with Crippen LogP contribution >= 0.6 is 0 Å². The molecule has 1 aliphatic rings. The van der Waals surface area contributed by atoms with E-state index in [-0.39, 0.29) is 6.42 Å². The van der Waals surface area contributed by atoms with E-state index in [1.165, 1.54) is 24.0 Å². The van der Waals surface area contributed by atoms with Gasteiger partial charge in [0.15, 0.2) is 0 Å². The van der Waals surface area contributed by atoms with Gasteiger partial charge in [0.2, 0.25) is 0 Å². The molecule has 2 rings (SSSR count). The second-order valence-corrected chi connectivity index (χ2v) is 6.69. The van der Waals surface area contributed by atoms with Crippen molar-refractivity contribution in [3.63, 3.8) is 0 Å². The number of hydrogen-bond acceptors (Lipinski definition) is 2. The van der Waals surface area contributed by atoms with Crippen LogP contribution in [0.3, 0.4) is 0 Å². The lowest BCUT2D eigenvalue weighted by atomic mass is 9.81. The molecule has 0 heterocycles. The molecule has 1 unspecified atom stereocenters. The number of fused-ring (bicyclic) bond motifs is 1. The van der Waals surface area contributed by atoms with Crippen LogP contribution in [0.2, 0.25) is 0 Å². The van der Waals surface area contributed by atoms with Gasteiger partial charge >= 0.3 is 5.97 Å². The van der Waals surface area contributed by atoms with E-state index in [0.29, 0.717) is 6.42 Å². The SMILES string of the molecule is CC(C)(CC(=O)O)CC(O)c1ccc2c(c1)CCCC2. The zero-order valence-electron chi connectivity index (χ0n) is 12.4. The Morgan fingerprint density at radius 2 is 1.90 bits per heavy atom. The van der Waals surface area contributed by atoms with E-state index in [1.54, 1.807) is 0 Å². The maximum absolute atomic E-state index is 10.8. The van der Waals surface area contributed by atoms with Crippen molar-refractivity contribution in [2.45, 2.75) is 58.5 Å². The van der Waals surface area contributed by atoms with Gasteiger partial charge in [-0.15, -0.1) is 0 Å². The third-order valence-electron chi connectivity index (χ3n) is 4.13. The van der Waals surface area contributed by atoms with Crippen molar-refractivity contribution in [1.29, 1.82) is 0 Å². The van der Waals surface area contributed by atoms with E-state index in [4.69, 9.17) is 5.11 Å². The Hall–Kier alpha value is -1.35. The van der Waals surface area contributed by atoms with Gasteiger partial charge in [-0.05, 0) is 54.2 Å². The van der Waals surface area contributed by atoms with Crippen LogP contribution in [0, 0.1) is 5.41 Å². The summed E-state index contributed by atoms with van der Waals surface area (Å²) in [7, 11) is 0. The molecule has 0 fully saturated rings. The number of aryl methyl sites for hydroxylation is 2. The lowest BCUT2D eigenvalue weighted by molar-refractivity contribution is -0.139. The average molecular weight is 276 g/mol. The standard InChI is InChI=1S/C17H24O3/c1-17(2,11-16(19)20)10-15(18)14-8-7-12-5-3-4-6-13(12)9-14/h7-9,15,18H,3-6,10-11H2,1-2H3,(H,19,20). The maximum atomic E-state index is 10.8. The third-order valence-corrected chi connectivity index (χ3v) is 4.13. The largest absolute Gasteiger partial charge is 0.481 e. The lowest BCUT2D eigenvalue weighted by Crippen LogP contribution is -2.20. The van der Waals surface area contributed by atoms with Crippen LogP contribution < -0.4 is 0 Å². The molecule has 1 atom stereocenters. The molecule has 0 aromatic heterocycles. The molecule has 0 radical (unpaired) electrons. The molecule has 0 amide bonds. The molecule has 2 N–H and O–H groups in total. The molecule has 110 valence electrons. The second kappa shape index (κ2) is 5.96. The number of carboxylic acids is 1. The lowest BCUT2D eigenvalue weighted by Gasteiger charge is -2.26. The fourth-order valence-electron chi connectivity index (χ4n) is 3.08. The number of aliphatic carboxylic acids is 1. The maximum Gasteiger partial charge on any atom is 0.303 e. The first-order chi connectivity index (χ1) is 9.37. The van der Waals surface area contributed by atoms with E-state index < -0.39 is 17.5 Å². The Labute approximate surface area is 120 Å². The zero-order chi connectivity index (χ0) is 14.8. The number of carboxylic acid groups (broad SMARTS) is 1. The molecular formula is C17H24O3. The van der Waals surface area contributed by atoms with Crippen LogP contribution in [-0.4, -0.2) is 16.2 Å². The molecular weight excluding hydrogens is 252 g/mol. The van der Waals surface area contributed by atoms with Crippen molar-refractivity contribution < 1.29 is 15.0 Å². The Balaban J connectivity index is 2.09. The van der Waals surface area contributed by atoms with Crippen LogP contribution in [0.15, 0.2) is 18.2 Å². The van der Waals surface area contributed by atoms with Crippen molar-refractivity contribution in [3.8, 4) is 0 Å². The van der Waals surface area contributed by atoms with Crippen LogP contribution in [0.1, 0.15) is 62.3 Å². The molecule has 0 aliphatic heterocycles. The highest BCUT2D eigenvalue weighted by Crippen LogP contribution is 2.34. The van der Waals surface area contributed by atoms with Crippen molar-refractivity contribution in [3.05, 3.63) is 34.9 Å². The van der Waals surface area contributed by atoms with E-state index >= 15 is 0 Å². The summed E-state index contributed by atoms with van der Waals surface area (Å²) in [6, 6.07) is 6.22. The van der Waals surface area contributed by atoms with Gasteiger partial charge in [0.1, 0.15) is 0 Å². The summed E-state index contributed by atoms with van der Waals surface area (Å²) in [5.41, 5.74) is 3.27. The van der Waals surface area contributed by atoms with Crippen molar-refractivity contribution >= 4 is 5.97 Å². The summed E-state index contributed by atoms with van der Waals surface area (Å²) >= 11 is 0. The molecule has 0 saturated heterocycles. The number of hydrogen-bond donors (Lipinski definition) is 2. The minimum Gasteiger partial charge on any atom is -0.481 e. The third kappa shape index (κ3) is 3.83. The Morgan fingerprint density at radius 1 is 1.25 bits per heavy atom. The Bertz CT molecular complexity index is 491. The summed E-state index contributed by atoms with van der Waals surface area (Å²) < 4.78 is 0. The molecule has 3 heteroatoms. The van der Waals surface area contributed by atoms with Crippen molar-refractivity contribution in [2.24, 2.45) is 5.41 Å². The summed E-state index contributed by atoms with van der Waals surface area (Å²) in [5, 5.41) is 19.3. The van der Waals surface area contributed by atoms with E-state index in [2.05, 4.69) is 12.1 Å². The van der Waals surface area contributed by atoms with Crippen molar-refractivity contribution in [2.75, 3.05) is 0 Å². The quantitative estimate of drug-likeness (QED) is 0.865. The summed E-state index contributed by atoms with van der Waals surface area (Å²) in [6.45, 7) is 3.78. The van der Waals surface area contributed by atoms with Gasteiger partial charge in [-0.3, -0.25) is 4.79 Å². The van der Waals surface area contributed by atoms with Gasteiger partial charge in [0.05, 0.1) is 12.5 Å². The van der Waals surface area contributed by atoms with Crippen LogP contribution in [0.4, 0.5) is 0 Å². The predicted molar refractivity (Wildman–Crippen MR) is 78.7 cm³/mol. The minimum atomic E-state index is -0.812. The summed E-state index contributed by atoms with van der Waals surface area (Å²) in [4.78, 5) is 10.8. The molecule has 0 saturated carbocycles. The molecule has 1 aromatic rings. The molecule has 0 bridgehead atoms. The first-order valence-electron chi connectivity index (χ1n) is 7.39. The average Bonchev–Trinajstić information content (AvgIpc) is 2.36. The summed E-state index contributed by atoms with van der Waals surface area (Å²) in [5.74, 6) is -0.812. The highest BCUT2D eigenvalue weighted by molar-refractivity contribution is 5.67. The number of benzene rings is 1. The number of aliphatic hydroxyl groups excluding tert-OH is 1. The smallest absolute Gasteiger partial charge is 0.303 e. The van der Waals surface area contributed by atoms with Gasteiger partial charge in [0, 0.05) is 0 Å². The van der Waals surface area contributed by atoms with Gasteiger partial charge in [-0.1, -0.05) is 32.0 Å². The van der Waals surface area contributed by atoms with E-state index in [1.807, 2.05) is 19.9 Å². The highest BCUT2D eigenvalue weighted by Gasteiger charge is 2.26. The molecule has 20 heavy (non-hydrogen) atoms. The highest BCUT2D eigenvalue weighted by atomic mass is 16.4. The normalized spacial score (nSPS) is 16.6. The number of rotatable bonds is 5. The first kappa shape index (κ1) is 15.0. The molecule has 1 aliphatic carbocycles. The van der Waals surface area contributed by atoms with E-state index in [9.17, 15) is 9.90 Å². The Kier molecular flexibility index (Phi) is 4.48. The van der Waals surface area contributed by atoms with Crippen LogP contribution in [-0.2, 0) is 17.6 Å². The topological polar surface area (TPSA) is 57.5 Å². The van der Waals surface area contributed by atoms with Crippen LogP contribution in [0.25, 0.3) is 0 Å². The zero-order valence-corrected chi connectivity index (χ0v) is 12.4.